The number of aromatic nitrogens is 2. The molecule has 0 aliphatic carbocycles. The summed E-state index contributed by atoms with van der Waals surface area (Å²) < 4.78 is 1.47. The van der Waals surface area contributed by atoms with Crippen LogP contribution in [0.3, 0.4) is 0 Å². The molecule has 1 amide bonds. The highest BCUT2D eigenvalue weighted by Gasteiger charge is 2.22. The van der Waals surface area contributed by atoms with Crippen molar-refractivity contribution < 1.29 is 4.79 Å². The number of aromatic amines is 1. The average molecular weight is 330 g/mol. The molecule has 0 bridgehead atoms. The monoisotopic (exact) mass is 330 g/mol. The summed E-state index contributed by atoms with van der Waals surface area (Å²) >= 11 is 0. The number of aryl methyl sites for hydroxylation is 1. The lowest BCUT2D eigenvalue weighted by Gasteiger charge is -2.32. The van der Waals surface area contributed by atoms with Gasteiger partial charge < -0.3 is 10.2 Å². The zero-order valence-corrected chi connectivity index (χ0v) is 13.7. The fourth-order valence-electron chi connectivity index (χ4n) is 3.27. The van der Waals surface area contributed by atoms with Gasteiger partial charge in [0.25, 0.3) is 5.56 Å². The summed E-state index contributed by atoms with van der Waals surface area (Å²) in [6, 6.07) is 7.27. The molecule has 0 radical (unpaired) electrons. The normalized spacial score (nSPS) is 18.0. The molecular formula is C17H22N4O3. The second kappa shape index (κ2) is 7.00. The van der Waals surface area contributed by atoms with Crippen molar-refractivity contribution in [3.05, 3.63) is 45.1 Å². The van der Waals surface area contributed by atoms with Crippen LogP contribution < -0.4 is 16.6 Å². The molecule has 2 heterocycles. The number of likely N-dealkylation sites (N-methyl/N-ethyl adjacent to an activating group) is 1. The number of nitrogens with zero attached hydrogens (tertiary/aromatic N) is 2. The molecule has 1 atom stereocenters. The SMILES string of the molecule is CN[C@@H]1CCCN(C(=O)CCn2c(=O)[nH]c(=O)c3ccccc32)C1. The maximum atomic E-state index is 12.5. The Morgan fingerprint density at radius 2 is 2.12 bits per heavy atom. The van der Waals surface area contributed by atoms with Crippen LogP contribution in [-0.2, 0) is 11.3 Å². The van der Waals surface area contributed by atoms with Crippen LogP contribution in [0.15, 0.2) is 33.9 Å². The van der Waals surface area contributed by atoms with Gasteiger partial charge in [-0.25, -0.2) is 4.79 Å². The van der Waals surface area contributed by atoms with Crippen molar-refractivity contribution in [2.45, 2.75) is 31.8 Å². The van der Waals surface area contributed by atoms with Gasteiger partial charge in [-0.2, -0.15) is 0 Å². The van der Waals surface area contributed by atoms with Gasteiger partial charge in [-0.05, 0) is 32.0 Å². The molecule has 0 saturated carbocycles. The van der Waals surface area contributed by atoms with E-state index in [2.05, 4.69) is 10.3 Å². The molecule has 0 spiro atoms. The summed E-state index contributed by atoms with van der Waals surface area (Å²) in [5.41, 5.74) is -0.310. The molecule has 1 aromatic heterocycles. The van der Waals surface area contributed by atoms with Gasteiger partial charge in [0.05, 0.1) is 10.9 Å². The van der Waals surface area contributed by atoms with E-state index in [4.69, 9.17) is 0 Å². The topological polar surface area (TPSA) is 87.2 Å². The second-order valence-corrected chi connectivity index (χ2v) is 6.15. The molecule has 7 heteroatoms. The maximum absolute atomic E-state index is 12.5. The first kappa shape index (κ1) is 16.4. The lowest BCUT2D eigenvalue weighted by Crippen LogP contribution is -2.47. The van der Waals surface area contributed by atoms with Gasteiger partial charge in [-0.1, -0.05) is 12.1 Å². The molecule has 24 heavy (non-hydrogen) atoms. The van der Waals surface area contributed by atoms with E-state index in [0.717, 1.165) is 19.4 Å². The van der Waals surface area contributed by atoms with Crippen LogP contribution in [-0.4, -0.2) is 46.5 Å². The van der Waals surface area contributed by atoms with Crippen LogP contribution >= 0.6 is 0 Å². The van der Waals surface area contributed by atoms with Crippen LogP contribution in [0, 0.1) is 0 Å². The summed E-state index contributed by atoms with van der Waals surface area (Å²) in [7, 11) is 1.91. The van der Waals surface area contributed by atoms with Crippen LogP contribution in [0.1, 0.15) is 19.3 Å². The largest absolute Gasteiger partial charge is 0.341 e. The van der Waals surface area contributed by atoms with Crippen molar-refractivity contribution in [2.75, 3.05) is 20.1 Å². The Kier molecular flexibility index (Phi) is 4.80. The highest BCUT2D eigenvalue weighted by Crippen LogP contribution is 2.12. The van der Waals surface area contributed by atoms with E-state index in [1.54, 1.807) is 24.3 Å². The van der Waals surface area contributed by atoms with Crippen molar-refractivity contribution in [1.82, 2.24) is 19.8 Å². The molecule has 3 rings (SSSR count). The van der Waals surface area contributed by atoms with Crippen molar-refractivity contribution in [2.24, 2.45) is 0 Å². The number of H-pyrrole nitrogens is 1. The number of hydrogen-bond donors (Lipinski definition) is 2. The lowest BCUT2D eigenvalue weighted by molar-refractivity contribution is -0.132. The number of para-hydroxylation sites is 1. The number of carbonyl (C=O) groups excluding carboxylic acids is 1. The van der Waals surface area contributed by atoms with E-state index in [1.165, 1.54) is 4.57 Å². The molecule has 7 nitrogen and oxygen atoms in total. The fraction of sp³-hybridized carbons (Fsp3) is 0.471. The van der Waals surface area contributed by atoms with Crippen LogP contribution in [0.4, 0.5) is 0 Å². The number of likely N-dealkylation sites (tertiary alicyclic amines) is 1. The Labute approximate surface area is 139 Å². The van der Waals surface area contributed by atoms with Gasteiger partial charge in [0.2, 0.25) is 5.91 Å². The molecule has 1 saturated heterocycles. The van der Waals surface area contributed by atoms with Crippen LogP contribution in [0.2, 0.25) is 0 Å². The van der Waals surface area contributed by atoms with E-state index in [0.29, 0.717) is 23.5 Å². The van der Waals surface area contributed by atoms with Gasteiger partial charge in [0.1, 0.15) is 0 Å². The second-order valence-electron chi connectivity index (χ2n) is 6.15. The summed E-state index contributed by atoms with van der Waals surface area (Å²) in [5.74, 6) is 0.0390. The van der Waals surface area contributed by atoms with E-state index < -0.39 is 11.2 Å². The Bertz CT molecular complexity index is 855. The minimum Gasteiger partial charge on any atom is -0.341 e. The van der Waals surface area contributed by atoms with E-state index in [-0.39, 0.29) is 18.9 Å². The molecule has 0 unspecified atom stereocenters. The highest BCUT2D eigenvalue weighted by molar-refractivity contribution is 5.79. The molecule has 2 N–H and O–H groups in total. The predicted molar refractivity (Wildman–Crippen MR) is 92.1 cm³/mol. The molecule has 1 aromatic carbocycles. The maximum Gasteiger partial charge on any atom is 0.328 e. The number of nitrogens with one attached hydrogen (secondary N) is 2. The smallest absolute Gasteiger partial charge is 0.328 e. The first-order chi connectivity index (χ1) is 11.6. The molecule has 2 aromatic rings. The fourth-order valence-corrected chi connectivity index (χ4v) is 3.27. The quantitative estimate of drug-likeness (QED) is 0.843. The standard InChI is InChI=1S/C17H22N4O3/c1-18-12-5-4-9-20(11-12)15(22)8-10-21-14-7-3-2-6-13(14)16(23)19-17(21)24/h2-3,6-7,12,18H,4-5,8-11H2,1H3,(H,19,23,24)/t12-/m1/s1. The number of fused-ring (bicyclic) bond motifs is 1. The Balaban J connectivity index is 1.77. The lowest BCUT2D eigenvalue weighted by atomic mass is 10.1. The summed E-state index contributed by atoms with van der Waals surface area (Å²) in [4.78, 5) is 40.6. The third-order valence-corrected chi connectivity index (χ3v) is 4.64. The molecular weight excluding hydrogens is 308 g/mol. The third-order valence-electron chi connectivity index (χ3n) is 4.64. The van der Waals surface area contributed by atoms with Crippen molar-refractivity contribution in [1.29, 1.82) is 0 Å². The summed E-state index contributed by atoms with van der Waals surface area (Å²) in [5, 5.41) is 3.67. The van der Waals surface area contributed by atoms with E-state index in [9.17, 15) is 14.4 Å². The Hall–Kier alpha value is -2.41. The molecule has 128 valence electrons. The number of carbonyl (C=O) groups is 1. The van der Waals surface area contributed by atoms with Gasteiger partial charge in [-0.3, -0.25) is 19.1 Å². The third kappa shape index (κ3) is 3.26. The van der Waals surface area contributed by atoms with Gasteiger partial charge in [0.15, 0.2) is 0 Å². The van der Waals surface area contributed by atoms with Crippen molar-refractivity contribution >= 4 is 16.8 Å². The zero-order valence-electron chi connectivity index (χ0n) is 13.7. The minimum atomic E-state index is -0.474. The van der Waals surface area contributed by atoms with Crippen molar-refractivity contribution in [3.63, 3.8) is 0 Å². The molecule has 1 fully saturated rings. The average Bonchev–Trinajstić information content (AvgIpc) is 2.61. The summed E-state index contributed by atoms with van der Waals surface area (Å²) in [6.45, 7) is 1.73. The van der Waals surface area contributed by atoms with E-state index in [1.807, 2.05) is 11.9 Å². The highest BCUT2D eigenvalue weighted by atomic mass is 16.2. The number of hydrogen-bond acceptors (Lipinski definition) is 4. The Morgan fingerprint density at radius 1 is 1.33 bits per heavy atom. The van der Waals surface area contributed by atoms with Gasteiger partial charge in [-0.15, -0.1) is 0 Å². The molecule has 1 aliphatic heterocycles. The minimum absolute atomic E-state index is 0.0390. The number of piperidine rings is 1. The predicted octanol–water partition coefficient (Wildman–Crippen LogP) is 0.290. The van der Waals surface area contributed by atoms with Crippen LogP contribution in [0.5, 0.6) is 0 Å². The zero-order chi connectivity index (χ0) is 17.1. The first-order valence-corrected chi connectivity index (χ1v) is 8.27. The molecule has 1 aliphatic rings. The van der Waals surface area contributed by atoms with E-state index >= 15 is 0 Å². The Morgan fingerprint density at radius 3 is 2.92 bits per heavy atom. The van der Waals surface area contributed by atoms with Crippen molar-refractivity contribution in [3.8, 4) is 0 Å². The number of amides is 1. The summed E-state index contributed by atoms with van der Waals surface area (Å²) in [6.07, 6.45) is 2.30. The first-order valence-electron chi connectivity index (χ1n) is 8.27. The number of benzene rings is 1. The van der Waals surface area contributed by atoms with Gasteiger partial charge >= 0.3 is 5.69 Å². The number of rotatable bonds is 4. The van der Waals surface area contributed by atoms with Gasteiger partial charge in [0, 0.05) is 32.1 Å². The van der Waals surface area contributed by atoms with Crippen LogP contribution in [0.25, 0.3) is 10.9 Å².